The van der Waals surface area contributed by atoms with E-state index in [2.05, 4.69) is 15.5 Å². The van der Waals surface area contributed by atoms with Crippen LogP contribution in [0.25, 0.3) is 23.0 Å². The minimum absolute atomic E-state index is 0.0801. The zero-order valence-corrected chi connectivity index (χ0v) is 15.5. The van der Waals surface area contributed by atoms with E-state index in [1.54, 1.807) is 4.57 Å². The average molecular weight is 372 g/mol. The Bertz CT molecular complexity index is 1080. The standard InChI is InChI=1S/C22H20N4O2/c1-16-8-5-6-11-18(16)14-23-20(27)15-26-13-7-12-19(26)22-25-24-21(28-22)17-9-3-2-4-10-17/h2-13H,14-15H2,1H3,(H,23,27). The van der Waals surface area contributed by atoms with Crippen LogP contribution < -0.4 is 5.32 Å². The summed E-state index contributed by atoms with van der Waals surface area (Å²) in [5.74, 6) is 0.756. The molecular formula is C22H20N4O2. The van der Waals surface area contributed by atoms with Gasteiger partial charge in [0.1, 0.15) is 12.2 Å². The van der Waals surface area contributed by atoms with Gasteiger partial charge < -0.3 is 14.3 Å². The van der Waals surface area contributed by atoms with Crippen LogP contribution in [0.1, 0.15) is 11.1 Å². The number of aromatic nitrogens is 3. The van der Waals surface area contributed by atoms with Gasteiger partial charge in [0.15, 0.2) is 0 Å². The molecule has 0 atom stereocenters. The number of hydrogen-bond donors (Lipinski definition) is 1. The third-order valence-corrected chi connectivity index (χ3v) is 4.55. The molecular weight excluding hydrogens is 352 g/mol. The van der Waals surface area contributed by atoms with Gasteiger partial charge in [0, 0.05) is 18.3 Å². The minimum atomic E-state index is -0.0801. The molecule has 0 unspecified atom stereocenters. The maximum atomic E-state index is 12.4. The summed E-state index contributed by atoms with van der Waals surface area (Å²) in [6, 6.07) is 21.3. The van der Waals surface area contributed by atoms with Gasteiger partial charge in [-0.15, -0.1) is 10.2 Å². The maximum absolute atomic E-state index is 12.4. The molecule has 2 aromatic carbocycles. The summed E-state index contributed by atoms with van der Waals surface area (Å²) in [5.41, 5.74) is 3.83. The van der Waals surface area contributed by atoms with E-state index in [1.165, 1.54) is 0 Å². The molecule has 0 aliphatic rings. The van der Waals surface area contributed by atoms with Gasteiger partial charge in [0.25, 0.3) is 5.89 Å². The number of nitrogens with zero attached hydrogens (tertiary/aromatic N) is 3. The Kier molecular flexibility index (Phi) is 5.01. The highest BCUT2D eigenvalue weighted by Crippen LogP contribution is 2.24. The zero-order valence-electron chi connectivity index (χ0n) is 15.5. The van der Waals surface area contributed by atoms with Crippen LogP contribution in [0.4, 0.5) is 0 Å². The first-order chi connectivity index (χ1) is 13.7. The molecule has 28 heavy (non-hydrogen) atoms. The fraction of sp³-hybridized carbons (Fsp3) is 0.136. The Morgan fingerprint density at radius 2 is 1.71 bits per heavy atom. The summed E-state index contributed by atoms with van der Waals surface area (Å²) in [6.07, 6.45) is 1.83. The van der Waals surface area contributed by atoms with Gasteiger partial charge >= 0.3 is 0 Å². The van der Waals surface area contributed by atoms with Gasteiger partial charge in [0.2, 0.25) is 11.8 Å². The first kappa shape index (κ1) is 17.7. The smallest absolute Gasteiger partial charge is 0.264 e. The first-order valence-electron chi connectivity index (χ1n) is 9.06. The Balaban J connectivity index is 1.45. The fourth-order valence-corrected chi connectivity index (χ4v) is 2.98. The molecule has 0 fully saturated rings. The van der Waals surface area contributed by atoms with E-state index in [1.807, 2.05) is 79.9 Å². The van der Waals surface area contributed by atoms with Crippen molar-refractivity contribution in [3.8, 4) is 23.0 Å². The predicted molar refractivity (Wildman–Crippen MR) is 106 cm³/mol. The Hall–Kier alpha value is -3.67. The number of carbonyl (C=O) groups is 1. The molecule has 140 valence electrons. The van der Waals surface area contributed by atoms with Crippen LogP contribution in [0.5, 0.6) is 0 Å². The van der Waals surface area contributed by atoms with E-state index in [0.717, 1.165) is 16.7 Å². The molecule has 0 saturated carbocycles. The van der Waals surface area contributed by atoms with Crippen LogP contribution in [0.2, 0.25) is 0 Å². The number of amides is 1. The summed E-state index contributed by atoms with van der Waals surface area (Å²) in [5, 5.41) is 11.2. The number of benzene rings is 2. The lowest BCUT2D eigenvalue weighted by molar-refractivity contribution is -0.121. The number of nitrogens with one attached hydrogen (secondary N) is 1. The minimum Gasteiger partial charge on any atom is -0.415 e. The summed E-state index contributed by atoms with van der Waals surface area (Å²) in [7, 11) is 0. The van der Waals surface area contributed by atoms with Crippen molar-refractivity contribution >= 4 is 5.91 Å². The van der Waals surface area contributed by atoms with Crippen molar-refractivity contribution in [1.82, 2.24) is 20.1 Å². The number of rotatable bonds is 6. The van der Waals surface area contributed by atoms with Crippen LogP contribution in [0, 0.1) is 6.92 Å². The van der Waals surface area contributed by atoms with Crippen LogP contribution >= 0.6 is 0 Å². The number of hydrogen-bond acceptors (Lipinski definition) is 4. The molecule has 6 nitrogen and oxygen atoms in total. The molecule has 0 radical (unpaired) electrons. The quantitative estimate of drug-likeness (QED) is 0.558. The van der Waals surface area contributed by atoms with Gasteiger partial charge in [0.05, 0.1) is 0 Å². The summed E-state index contributed by atoms with van der Waals surface area (Å²) >= 11 is 0. The summed E-state index contributed by atoms with van der Waals surface area (Å²) in [6.45, 7) is 2.71. The predicted octanol–water partition coefficient (Wildman–Crippen LogP) is 3.83. The van der Waals surface area contributed by atoms with E-state index in [4.69, 9.17) is 4.42 Å². The van der Waals surface area contributed by atoms with Gasteiger partial charge in [-0.25, -0.2) is 0 Å². The molecule has 4 rings (SSSR count). The molecule has 2 heterocycles. The highest BCUT2D eigenvalue weighted by molar-refractivity contribution is 5.76. The Labute approximate surface area is 162 Å². The maximum Gasteiger partial charge on any atom is 0.264 e. The zero-order chi connectivity index (χ0) is 19.3. The van der Waals surface area contributed by atoms with Gasteiger partial charge in [-0.05, 0) is 42.3 Å². The van der Waals surface area contributed by atoms with Crippen molar-refractivity contribution in [2.75, 3.05) is 0 Å². The molecule has 6 heteroatoms. The Morgan fingerprint density at radius 1 is 0.964 bits per heavy atom. The average Bonchev–Trinajstić information content (AvgIpc) is 3.37. The van der Waals surface area contributed by atoms with Crippen molar-refractivity contribution < 1.29 is 9.21 Å². The van der Waals surface area contributed by atoms with E-state index < -0.39 is 0 Å². The molecule has 2 aromatic heterocycles. The highest BCUT2D eigenvalue weighted by Gasteiger charge is 2.15. The summed E-state index contributed by atoms with van der Waals surface area (Å²) in [4.78, 5) is 12.4. The van der Waals surface area contributed by atoms with Gasteiger partial charge in [-0.3, -0.25) is 4.79 Å². The third-order valence-electron chi connectivity index (χ3n) is 4.55. The van der Waals surface area contributed by atoms with Crippen molar-refractivity contribution in [3.63, 3.8) is 0 Å². The first-order valence-corrected chi connectivity index (χ1v) is 9.06. The van der Waals surface area contributed by atoms with E-state index >= 15 is 0 Å². The van der Waals surface area contributed by atoms with E-state index in [9.17, 15) is 4.79 Å². The summed E-state index contributed by atoms with van der Waals surface area (Å²) < 4.78 is 7.61. The van der Waals surface area contributed by atoms with Crippen LogP contribution in [0.15, 0.2) is 77.3 Å². The second kappa shape index (κ2) is 7.92. The van der Waals surface area contributed by atoms with E-state index in [-0.39, 0.29) is 12.5 Å². The van der Waals surface area contributed by atoms with E-state index in [0.29, 0.717) is 24.0 Å². The largest absolute Gasteiger partial charge is 0.415 e. The molecule has 1 amide bonds. The molecule has 1 N–H and O–H groups in total. The van der Waals surface area contributed by atoms with Crippen LogP contribution in [0.3, 0.4) is 0 Å². The van der Waals surface area contributed by atoms with Crippen molar-refractivity contribution in [3.05, 3.63) is 84.1 Å². The Morgan fingerprint density at radius 3 is 2.54 bits per heavy atom. The SMILES string of the molecule is Cc1ccccc1CNC(=O)Cn1cccc1-c1nnc(-c2ccccc2)o1. The topological polar surface area (TPSA) is 73.0 Å². The lowest BCUT2D eigenvalue weighted by Crippen LogP contribution is -2.27. The van der Waals surface area contributed by atoms with Crippen LogP contribution in [-0.4, -0.2) is 20.7 Å². The van der Waals surface area contributed by atoms with Crippen molar-refractivity contribution in [1.29, 1.82) is 0 Å². The molecule has 0 aliphatic heterocycles. The third kappa shape index (κ3) is 3.86. The van der Waals surface area contributed by atoms with Gasteiger partial charge in [-0.2, -0.15) is 0 Å². The van der Waals surface area contributed by atoms with Crippen molar-refractivity contribution in [2.24, 2.45) is 0 Å². The second-order valence-corrected chi connectivity index (χ2v) is 6.50. The van der Waals surface area contributed by atoms with Gasteiger partial charge in [-0.1, -0.05) is 42.5 Å². The lowest BCUT2D eigenvalue weighted by Gasteiger charge is -2.09. The van der Waals surface area contributed by atoms with Crippen molar-refractivity contribution in [2.45, 2.75) is 20.0 Å². The second-order valence-electron chi connectivity index (χ2n) is 6.50. The molecule has 0 aliphatic carbocycles. The van der Waals surface area contributed by atoms with Crippen LogP contribution in [-0.2, 0) is 17.9 Å². The molecule has 0 saturated heterocycles. The number of aryl methyl sites for hydroxylation is 1. The molecule has 4 aromatic rings. The molecule has 0 spiro atoms. The fourth-order valence-electron chi connectivity index (χ4n) is 2.98. The highest BCUT2D eigenvalue weighted by atomic mass is 16.4. The lowest BCUT2D eigenvalue weighted by atomic mass is 10.1. The molecule has 0 bridgehead atoms. The monoisotopic (exact) mass is 372 g/mol. The normalized spacial score (nSPS) is 10.8. The number of carbonyl (C=O) groups excluding carboxylic acids is 1.